The first kappa shape index (κ1) is 19.3. The van der Waals surface area contributed by atoms with Crippen LogP contribution in [-0.2, 0) is 4.79 Å². The standard InChI is InChI=1S/C17H25N3O2.ClH/c1-3-12(7-9-18)16(17(21)19-4-2)22-14-5-6-15-13(11-14)8-10-20-15;/h5-6,8,10-12,16,20H,3-4,7,9,18H2,1-2H3,(H,19,21);1H. The number of nitrogens with two attached hydrogens (primary N) is 1. The fourth-order valence-electron chi connectivity index (χ4n) is 2.67. The van der Waals surface area contributed by atoms with Crippen molar-refractivity contribution in [2.45, 2.75) is 32.8 Å². The average Bonchev–Trinajstić information content (AvgIpc) is 2.98. The zero-order chi connectivity index (χ0) is 15.9. The second-order valence-electron chi connectivity index (χ2n) is 5.41. The maximum absolute atomic E-state index is 12.4. The molecule has 6 heteroatoms. The van der Waals surface area contributed by atoms with Gasteiger partial charge in [0.2, 0.25) is 0 Å². The number of amides is 1. The van der Waals surface area contributed by atoms with Crippen molar-refractivity contribution < 1.29 is 9.53 Å². The van der Waals surface area contributed by atoms with Crippen LogP contribution in [0.5, 0.6) is 5.75 Å². The topological polar surface area (TPSA) is 80.1 Å². The van der Waals surface area contributed by atoms with Crippen LogP contribution in [0.1, 0.15) is 26.7 Å². The molecule has 4 N–H and O–H groups in total. The van der Waals surface area contributed by atoms with Gasteiger partial charge in [0.1, 0.15) is 5.75 Å². The highest BCUT2D eigenvalue weighted by molar-refractivity contribution is 5.85. The van der Waals surface area contributed by atoms with E-state index in [9.17, 15) is 4.79 Å². The van der Waals surface area contributed by atoms with Crippen LogP contribution in [0.25, 0.3) is 10.9 Å². The normalized spacial score (nSPS) is 13.2. The highest BCUT2D eigenvalue weighted by Crippen LogP contribution is 2.24. The number of halogens is 1. The lowest BCUT2D eigenvalue weighted by atomic mass is 9.94. The molecule has 0 spiro atoms. The lowest BCUT2D eigenvalue weighted by Crippen LogP contribution is -2.43. The Hall–Kier alpha value is -1.72. The summed E-state index contributed by atoms with van der Waals surface area (Å²) in [5.41, 5.74) is 6.73. The maximum atomic E-state index is 12.4. The van der Waals surface area contributed by atoms with Gasteiger partial charge in [-0.05, 0) is 50.6 Å². The molecule has 2 atom stereocenters. The molecule has 5 nitrogen and oxygen atoms in total. The summed E-state index contributed by atoms with van der Waals surface area (Å²) in [5.74, 6) is 0.745. The van der Waals surface area contributed by atoms with E-state index >= 15 is 0 Å². The van der Waals surface area contributed by atoms with Gasteiger partial charge in [0, 0.05) is 29.6 Å². The van der Waals surface area contributed by atoms with E-state index in [1.807, 2.05) is 37.4 Å². The van der Waals surface area contributed by atoms with Crippen molar-refractivity contribution in [3.8, 4) is 5.75 Å². The first-order valence-electron chi connectivity index (χ1n) is 7.91. The summed E-state index contributed by atoms with van der Waals surface area (Å²) in [7, 11) is 0. The van der Waals surface area contributed by atoms with E-state index in [0.717, 1.165) is 23.7 Å². The summed E-state index contributed by atoms with van der Waals surface area (Å²) in [6.07, 6.45) is 3.00. The van der Waals surface area contributed by atoms with Crippen molar-refractivity contribution in [3.05, 3.63) is 30.5 Å². The Balaban J connectivity index is 0.00000264. The Kier molecular flexibility index (Phi) is 7.92. The minimum atomic E-state index is -0.509. The van der Waals surface area contributed by atoms with Crippen molar-refractivity contribution in [2.75, 3.05) is 13.1 Å². The molecule has 0 bridgehead atoms. The first-order valence-corrected chi connectivity index (χ1v) is 7.91. The number of benzene rings is 1. The molecule has 23 heavy (non-hydrogen) atoms. The smallest absolute Gasteiger partial charge is 0.261 e. The Bertz CT molecular complexity index is 615. The van der Waals surface area contributed by atoms with Crippen molar-refractivity contribution in [3.63, 3.8) is 0 Å². The minimum absolute atomic E-state index is 0. The van der Waals surface area contributed by atoms with E-state index in [1.54, 1.807) is 0 Å². The average molecular weight is 340 g/mol. The van der Waals surface area contributed by atoms with Crippen molar-refractivity contribution in [1.29, 1.82) is 0 Å². The van der Waals surface area contributed by atoms with Gasteiger partial charge in [0.15, 0.2) is 6.10 Å². The lowest BCUT2D eigenvalue weighted by Gasteiger charge is -2.26. The molecule has 0 radical (unpaired) electrons. The summed E-state index contributed by atoms with van der Waals surface area (Å²) in [6.45, 7) is 5.11. The third-order valence-electron chi connectivity index (χ3n) is 3.89. The van der Waals surface area contributed by atoms with Gasteiger partial charge in [-0.15, -0.1) is 12.4 Å². The molecule has 2 unspecified atom stereocenters. The van der Waals surface area contributed by atoms with Crippen molar-refractivity contribution >= 4 is 29.2 Å². The summed E-state index contributed by atoms with van der Waals surface area (Å²) in [6, 6.07) is 7.79. The number of ether oxygens (including phenoxy) is 1. The third kappa shape index (κ3) is 4.88. The van der Waals surface area contributed by atoms with E-state index in [2.05, 4.69) is 17.2 Å². The number of rotatable bonds is 8. The number of hydrogen-bond acceptors (Lipinski definition) is 3. The number of nitrogens with one attached hydrogen (secondary N) is 2. The first-order chi connectivity index (χ1) is 10.7. The second kappa shape index (κ2) is 9.43. The number of aromatic amines is 1. The summed E-state index contributed by atoms with van der Waals surface area (Å²) >= 11 is 0. The highest BCUT2D eigenvalue weighted by Gasteiger charge is 2.28. The molecular formula is C17H26ClN3O2. The number of carbonyl (C=O) groups is 1. The van der Waals surface area contributed by atoms with Gasteiger partial charge >= 0.3 is 0 Å². The monoisotopic (exact) mass is 339 g/mol. The molecule has 0 saturated heterocycles. The number of carbonyl (C=O) groups excluding carboxylic acids is 1. The summed E-state index contributed by atoms with van der Waals surface area (Å²) in [5, 5.41) is 3.93. The van der Waals surface area contributed by atoms with Crippen LogP contribution in [0.2, 0.25) is 0 Å². The molecule has 128 valence electrons. The van der Waals surface area contributed by atoms with Crippen LogP contribution in [-0.4, -0.2) is 30.1 Å². The Morgan fingerprint density at radius 3 is 2.78 bits per heavy atom. The molecule has 1 aromatic carbocycles. The number of likely N-dealkylation sites (N-methyl/N-ethyl adjacent to an activating group) is 1. The van der Waals surface area contributed by atoms with Crippen LogP contribution in [0.3, 0.4) is 0 Å². The van der Waals surface area contributed by atoms with Crippen LogP contribution in [0.4, 0.5) is 0 Å². The molecule has 1 aromatic heterocycles. The van der Waals surface area contributed by atoms with E-state index < -0.39 is 6.10 Å². The Labute approximate surface area is 143 Å². The number of hydrogen-bond donors (Lipinski definition) is 3. The van der Waals surface area contributed by atoms with Gasteiger partial charge < -0.3 is 20.8 Å². The zero-order valence-electron chi connectivity index (χ0n) is 13.7. The van der Waals surface area contributed by atoms with Gasteiger partial charge in [-0.3, -0.25) is 4.79 Å². The number of fused-ring (bicyclic) bond motifs is 1. The number of aromatic nitrogens is 1. The largest absolute Gasteiger partial charge is 0.480 e. The molecule has 0 saturated carbocycles. The maximum Gasteiger partial charge on any atom is 0.261 e. The molecule has 2 aromatic rings. The SMILES string of the molecule is CCNC(=O)C(Oc1ccc2[nH]ccc2c1)C(CC)CCN.Cl. The molecule has 1 amide bonds. The molecular weight excluding hydrogens is 314 g/mol. The second-order valence-corrected chi connectivity index (χ2v) is 5.41. The zero-order valence-corrected chi connectivity index (χ0v) is 14.5. The van der Waals surface area contributed by atoms with Gasteiger partial charge in [-0.1, -0.05) is 6.92 Å². The van der Waals surface area contributed by atoms with E-state index in [4.69, 9.17) is 10.5 Å². The fraction of sp³-hybridized carbons (Fsp3) is 0.471. The van der Waals surface area contributed by atoms with Crippen molar-refractivity contribution in [2.24, 2.45) is 11.7 Å². The quantitative estimate of drug-likeness (QED) is 0.691. The lowest BCUT2D eigenvalue weighted by molar-refractivity contribution is -0.130. The van der Waals surface area contributed by atoms with Gasteiger partial charge in [-0.2, -0.15) is 0 Å². The predicted octanol–water partition coefficient (Wildman–Crippen LogP) is 2.85. The van der Waals surface area contributed by atoms with Crippen molar-refractivity contribution in [1.82, 2.24) is 10.3 Å². The van der Waals surface area contributed by atoms with Gasteiger partial charge in [-0.25, -0.2) is 0 Å². The summed E-state index contributed by atoms with van der Waals surface area (Å²) in [4.78, 5) is 15.5. The minimum Gasteiger partial charge on any atom is -0.480 e. The van der Waals surface area contributed by atoms with Crippen LogP contribution in [0, 0.1) is 5.92 Å². The Morgan fingerprint density at radius 1 is 1.35 bits per heavy atom. The number of H-pyrrole nitrogens is 1. The van der Waals surface area contributed by atoms with E-state index in [-0.39, 0.29) is 24.2 Å². The van der Waals surface area contributed by atoms with Crippen LogP contribution in [0.15, 0.2) is 30.5 Å². The van der Waals surface area contributed by atoms with Gasteiger partial charge in [0.25, 0.3) is 5.91 Å². The van der Waals surface area contributed by atoms with Crippen LogP contribution < -0.4 is 15.8 Å². The van der Waals surface area contributed by atoms with E-state index in [1.165, 1.54) is 0 Å². The fourth-order valence-corrected chi connectivity index (χ4v) is 2.67. The molecule has 0 aliphatic rings. The molecule has 0 aliphatic heterocycles. The van der Waals surface area contributed by atoms with Crippen LogP contribution >= 0.6 is 12.4 Å². The predicted molar refractivity (Wildman–Crippen MR) is 96.1 cm³/mol. The molecule has 0 aliphatic carbocycles. The highest BCUT2D eigenvalue weighted by atomic mass is 35.5. The molecule has 2 rings (SSSR count). The summed E-state index contributed by atoms with van der Waals surface area (Å²) < 4.78 is 6.03. The third-order valence-corrected chi connectivity index (χ3v) is 3.89. The van der Waals surface area contributed by atoms with E-state index in [0.29, 0.717) is 18.8 Å². The Morgan fingerprint density at radius 2 is 2.13 bits per heavy atom. The molecule has 1 heterocycles. The molecule has 0 fully saturated rings. The van der Waals surface area contributed by atoms with Gasteiger partial charge in [0.05, 0.1) is 0 Å².